The number of rotatable bonds is 5. The third-order valence-corrected chi connectivity index (χ3v) is 1.53. The number of alkyl halides is 3. The average Bonchev–Trinajstić information content (AvgIpc) is 1.97. The van der Waals surface area contributed by atoms with Crippen LogP contribution in [0, 0.1) is 11.3 Å². The van der Waals surface area contributed by atoms with Crippen molar-refractivity contribution >= 4 is 0 Å². The Hall–Kier alpha value is -0.760. The summed E-state index contributed by atoms with van der Waals surface area (Å²) >= 11 is 0. The Balaban J connectivity index is 3.32. The highest BCUT2D eigenvalue weighted by atomic mass is 19.4. The molecule has 0 aromatic carbocycles. The van der Waals surface area contributed by atoms with Crippen LogP contribution >= 0.6 is 0 Å². The molecular weight excluding hydrogens is 181 g/mol. The second-order valence-corrected chi connectivity index (χ2v) is 2.94. The summed E-state index contributed by atoms with van der Waals surface area (Å²) in [5.41, 5.74) is 0. The van der Waals surface area contributed by atoms with Crippen LogP contribution < -0.4 is 5.32 Å². The van der Waals surface area contributed by atoms with Crippen molar-refractivity contribution < 1.29 is 13.2 Å². The molecule has 0 heterocycles. The molecule has 0 bridgehead atoms. The van der Waals surface area contributed by atoms with Crippen LogP contribution in [0.2, 0.25) is 0 Å². The van der Waals surface area contributed by atoms with E-state index in [1.54, 1.807) is 6.92 Å². The monoisotopic (exact) mass is 194 g/mol. The highest BCUT2D eigenvalue weighted by Crippen LogP contribution is 2.20. The van der Waals surface area contributed by atoms with Crippen LogP contribution in [-0.4, -0.2) is 18.8 Å². The van der Waals surface area contributed by atoms with Gasteiger partial charge in [-0.2, -0.15) is 18.4 Å². The van der Waals surface area contributed by atoms with Crippen molar-refractivity contribution in [2.45, 2.75) is 38.4 Å². The number of nitrogens with zero attached hydrogens (tertiary/aromatic N) is 1. The van der Waals surface area contributed by atoms with Crippen molar-refractivity contribution in [3.8, 4) is 6.07 Å². The third kappa shape index (κ3) is 9.15. The van der Waals surface area contributed by atoms with Crippen LogP contribution in [0.25, 0.3) is 0 Å². The molecule has 13 heavy (non-hydrogen) atoms. The van der Waals surface area contributed by atoms with E-state index in [4.69, 9.17) is 5.26 Å². The molecule has 0 rings (SSSR count). The Morgan fingerprint density at radius 3 is 2.54 bits per heavy atom. The first-order valence-corrected chi connectivity index (χ1v) is 4.13. The van der Waals surface area contributed by atoms with E-state index >= 15 is 0 Å². The lowest BCUT2D eigenvalue weighted by Gasteiger charge is -2.10. The van der Waals surface area contributed by atoms with Crippen LogP contribution in [0.4, 0.5) is 13.2 Å². The van der Waals surface area contributed by atoms with E-state index < -0.39 is 12.6 Å². The van der Waals surface area contributed by atoms with E-state index in [1.807, 2.05) is 6.07 Å². The Morgan fingerprint density at radius 1 is 1.46 bits per heavy atom. The van der Waals surface area contributed by atoms with Gasteiger partial charge < -0.3 is 5.32 Å². The molecule has 0 amide bonds. The molecule has 1 unspecified atom stereocenters. The first-order chi connectivity index (χ1) is 5.95. The maximum Gasteiger partial charge on any atom is 0.389 e. The van der Waals surface area contributed by atoms with Gasteiger partial charge in [-0.1, -0.05) is 0 Å². The quantitative estimate of drug-likeness (QED) is 0.681. The van der Waals surface area contributed by atoms with Crippen molar-refractivity contribution in [2.24, 2.45) is 0 Å². The Labute approximate surface area is 75.7 Å². The van der Waals surface area contributed by atoms with E-state index in [0.717, 1.165) is 0 Å². The van der Waals surface area contributed by atoms with E-state index in [9.17, 15) is 13.2 Å². The lowest BCUT2D eigenvalue weighted by Crippen LogP contribution is -2.27. The normalized spacial score (nSPS) is 13.8. The molecule has 1 atom stereocenters. The second kappa shape index (κ2) is 5.81. The van der Waals surface area contributed by atoms with Gasteiger partial charge in [0.1, 0.15) is 0 Å². The summed E-state index contributed by atoms with van der Waals surface area (Å²) in [6.07, 6.45) is -4.44. The maximum atomic E-state index is 11.6. The lowest BCUT2D eigenvalue weighted by molar-refractivity contribution is -0.135. The fraction of sp³-hybridized carbons (Fsp3) is 0.875. The number of hydrogen-bond acceptors (Lipinski definition) is 2. The average molecular weight is 194 g/mol. The van der Waals surface area contributed by atoms with Crippen molar-refractivity contribution in [3.63, 3.8) is 0 Å². The predicted molar refractivity (Wildman–Crippen MR) is 43.0 cm³/mol. The fourth-order valence-corrected chi connectivity index (χ4v) is 0.846. The van der Waals surface area contributed by atoms with Gasteiger partial charge in [-0.25, -0.2) is 0 Å². The number of hydrogen-bond donors (Lipinski definition) is 1. The van der Waals surface area contributed by atoms with E-state index in [1.165, 1.54) is 0 Å². The van der Waals surface area contributed by atoms with Gasteiger partial charge in [-0.15, -0.1) is 0 Å². The van der Waals surface area contributed by atoms with Gasteiger partial charge in [0.2, 0.25) is 0 Å². The number of halogens is 3. The zero-order valence-corrected chi connectivity index (χ0v) is 7.49. The van der Waals surface area contributed by atoms with Gasteiger partial charge in [0, 0.05) is 12.5 Å². The summed E-state index contributed by atoms with van der Waals surface area (Å²) in [7, 11) is 0. The van der Waals surface area contributed by atoms with Crippen molar-refractivity contribution in [3.05, 3.63) is 0 Å². The molecule has 5 heteroatoms. The van der Waals surface area contributed by atoms with Crippen LogP contribution in [0.3, 0.4) is 0 Å². The highest BCUT2D eigenvalue weighted by molar-refractivity contribution is 4.77. The third-order valence-electron chi connectivity index (χ3n) is 1.53. The summed E-state index contributed by atoms with van der Waals surface area (Å²) in [6.45, 7) is 2.08. The first kappa shape index (κ1) is 12.2. The molecule has 0 radical (unpaired) electrons. The van der Waals surface area contributed by atoms with Crippen molar-refractivity contribution in [1.29, 1.82) is 5.26 Å². The fourth-order valence-electron chi connectivity index (χ4n) is 0.846. The largest absolute Gasteiger partial charge is 0.389 e. The van der Waals surface area contributed by atoms with Gasteiger partial charge in [0.25, 0.3) is 0 Å². The van der Waals surface area contributed by atoms with Crippen LogP contribution in [0.5, 0.6) is 0 Å². The zero-order chi connectivity index (χ0) is 10.3. The molecule has 0 saturated heterocycles. The molecule has 0 aromatic heterocycles. The lowest BCUT2D eigenvalue weighted by atomic mass is 10.2. The van der Waals surface area contributed by atoms with E-state index in [-0.39, 0.29) is 12.5 Å². The molecule has 2 nitrogen and oxygen atoms in total. The first-order valence-electron chi connectivity index (χ1n) is 4.13. The Morgan fingerprint density at radius 2 is 2.08 bits per heavy atom. The number of nitrogens with one attached hydrogen (secondary N) is 1. The Kier molecular flexibility index (Phi) is 5.47. The molecular formula is C8H13F3N2. The molecule has 1 N–H and O–H groups in total. The smallest absolute Gasteiger partial charge is 0.313 e. The van der Waals surface area contributed by atoms with Crippen molar-refractivity contribution in [1.82, 2.24) is 5.32 Å². The van der Waals surface area contributed by atoms with E-state index in [2.05, 4.69) is 5.32 Å². The SMILES string of the molecule is CC(CC#N)NCCCC(F)(F)F. The molecule has 0 aromatic rings. The van der Waals surface area contributed by atoms with Gasteiger partial charge in [0.05, 0.1) is 12.5 Å². The standard InChI is InChI=1S/C8H13F3N2/c1-7(3-5-12)13-6-2-4-8(9,10)11/h7,13H,2-4,6H2,1H3. The minimum atomic E-state index is -4.07. The molecule has 76 valence electrons. The maximum absolute atomic E-state index is 11.6. The van der Waals surface area contributed by atoms with Gasteiger partial charge in [0.15, 0.2) is 0 Å². The minimum Gasteiger partial charge on any atom is -0.313 e. The van der Waals surface area contributed by atoms with Gasteiger partial charge in [-0.05, 0) is 19.9 Å². The molecule has 0 spiro atoms. The molecule has 0 aliphatic rings. The predicted octanol–water partition coefficient (Wildman–Crippen LogP) is 2.22. The molecule has 0 aliphatic carbocycles. The van der Waals surface area contributed by atoms with Crippen LogP contribution in [0.15, 0.2) is 0 Å². The second-order valence-electron chi connectivity index (χ2n) is 2.94. The highest BCUT2D eigenvalue weighted by Gasteiger charge is 2.25. The van der Waals surface area contributed by atoms with Crippen molar-refractivity contribution in [2.75, 3.05) is 6.54 Å². The van der Waals surface area contributed by atoms with Gasteiger partial charge in [-0.3, -0.25) is 0 Å². The molecule has 0 saturated carbocycles. The van der Waals surface area contributed by atoms with Crippen LogP contribution in [0.1, 0.15) is 26.2 Å². The molecule has 0 aliphatic heterocycles. The Bertz CT molecular complexity index is 171. The van der Waals surface area contributed by atoms with Gasteiger partial charge >= 0.3 is 6.18 Å². The zero-order valence-electron chi connectivity index (χ0n) is 7.49. The van der Waals surface area contributed by atoms with E-state index in [0.29, 0.717) is 13.0 Å². The van der Waals surface area contributed by atoms with Crippen LogP contribution in [-0.2, 0) is 0 Å². The molecule has 0 fully saturated rings. The summed E-state index contributed by atoms with van der Waals surface area (Å²) < 4.78 is 34.9. The minimum absolute atomic E-state index is 0.0294. The summed E-state index contributed by atoms with van der Waals surface area (Å²) in [5, 5.41) is 11.1. The number of nitriles is 1. The topological polar surface area (TPSA) is 35.8 Å². The summed E-state index contributed by atoms with van der Waals surface area (Å²) in [4.78, 5) is 0. The summed E-state index contributed by atoms with van der Waals surface area (Å²) in [6, 6.07) is 1.91. The summed E-state index contributed by atoms with van der Waals surface area (Å²) in [5.74, 6) is 0.